The van der Waals surface area contributed by atoms with Crippen LogP contribution in [0, 0.1) is 0 Å². The van der Waals surface area contributed by atoms with E-state index in [0.29, 0.717) is 6.42 Å². The Morgan fingerprint density at radius 3 is 2.44 bits per heavy atom. The van der Waals surface area contributed by atoms with Gasteiger partial charge < -0.3 is 4.90 Å². The standard InChI is InChI=1S/C9H9Cl2N5O2/c1-2-4-6(18)12-5(17)3-16(4)9-14-7(10)13-8(11)15-9/h4H,2-3H2,1H3,(H,12,17,18). The Hall–Kier alpha value is -1.47. The topological polar surface area (TPSA) is 88.1 Å². The summed E-state index contributed by atoms with van der Waals surface area (Å²) in [6, 6.07) is -0.530. The second-order valence-corrected chi connectivity index (χ2v) is 4.31. The van der Waals surface area contributed by atoms with Crippen LogP contribution < -0.4 is 10.2 Å². The number of nitrogens with one attached hydrogen (secondary N) is 1. The van der Waals surface area contributed by atoms with Gasteiger partial charge in [-0.2, -0.15) is 15.0 Å². The number of hydrogen-bond acceptors (Lipinski definition) is 6. The number of nitrogens with zero attached hydrogens (tertiary/aromatic N) is 4. The van der Waals surface area contributed by atoms with Crippen molar-refractivity contribution in [1.82, 2.24) is 20.3 Å². The number of rotatable bonds is 2. The summed E-state index contributed by atoms with van der Waals surface area (Å²) in [4.78, 5) is 35.9. The van der Waals surface area contributed by atoms with E-state index in [1.165, 1.54) is 4.90 Å². The fourth-order valence-corrected chi connectivity index (χ4v) is 2.08. The number of aromatic nitrogens is 3. The van der Waals surface area contributed by atoms with E-state index in [2.05, 4.69) is 20.3 Å². The first kappa shape index (κ1) is 13.0. The zero-order chi connectivity index (χ0) is 13.3. The maximum Gasteiger partial charge on any atom is 0.249 e. The lowest BCUT2D eigenvalue weighted by Gasteiger charge is -2.33. The van der Waals surface area contributed by atoms with Crippen LogP contribution in [-0.2, 0) is 9.59 Å². The lowest BCUT2D eigenvalue weighted by Crippen LogP contribution is -2.58. The van der Waals surface area contributed by atoms with Crippen LogP contribution in [0.25, 0.3) is 0 Å². The highest BCUT2D eigenvalue weighted by Gasteiger charge is 2.34. The minimum absolute atomic E-state index is 0.0269. The normalized spacial score (nSPS) is 19.9. The van der Waals surface area contributed by atoms with Crippen LogP contribution in [0.5, 0.6) is 0 Å². The van der Waals surface area contributed by atoms with Crippen molar-refractivity contribution >= 4 is 41.0 Å². The molecule has 2 heterocycles. The zero-order valence-corrected chi connectivity index (χ0v) is 10.9. The van der Waals surface area contributed by atoms with Crippen LogP contribution in [0.4, 0.5) is 5.95 Å². The number of carbonyl (C=O) groups is 2. The summed E-state index contributed by atoms with van der Waals surface area (Å²) < 4.78 is 0. The molecule has 1 saturated heterocycles. The van der Waals surface area contributed by atoms with Crippen molar-refractivity contribution in [3.8, 4) is 0 Å². The van der Waals surface area contributed by atoms with Crippen LogP contribution in [0.3, 0.4) is 0 Å². The molecule has 9 heteroatoms. The molecule has 2 rings (SSSR count). The van der Waals surface area contributed by atoms with E-state index in [1.54, 1.807) is 0 Å². The maximum absolute atomic E-state index is 11.7. The van der Waals surface area contributed by atoms with E-state index in [4.69, 9.17) is 23.2 Å². The molecule has 0 saturated carbocycles. The molecule has 2 amide bonds. The van der Waals surface area contributed by atoms with E-state index >= 15 is 0 Å². The number of hydrogen-bond donors (Lipinski definition) is 1. The van der Waals surface area contributed by atoms with Crippen molar-refractivity contribution in [3.05, 3.63) is 10.6 Å². The Kier molecular flexibility index (Phi) is 3.63. The van der Waals surface area contributed by atoms with Crippen molar-refractivity contribution in [1.29, 1.82) is 0 Å². The molecule has 7 nitrogen and oxygen atoms in total. The van der Waals surface area contributed by atoms with Gasteiger partial charge in [-0.25, -0.2) is 0 Å². The lowest BCUT2D eigenvalue weighted by atomic mass is 10.1. The third-order valence-electron chi connectivity index (χ3n) is 2.47. The van der Waals surface area contributed by atoms with Gasteiger partial charge in [0.25, 0.3) is 0 Å². The summed E-state index contributed by atoms with van der Waals surface area (Å²) in [5, 5.41) is 2.08. The second-order valence-electron chi connectivity index (χ2n) is 3.64. The van der Waals surface area contributed by atoms with E-state index in [1.807, 2.05) is 6.92 Å². The lowest BCUT2D eigenvalue weighted by molar-refractivity contribution is -0.133. The summed E-state index contributed by atoms with van der Waals surface area (Å²) >= 11 is 11.3. The van der Waals surface area contributed by atoms with Gasteiger partial charge in [0.2, 0.25) is 28.3 Å². The monoisotopic (exact) mass is 289 g/mol. The van der Waals surface area contributed by atoms with Crippen molar-refractivity contribution < 1.29 is 9.59 Å². The van der Waals surface area contributed by atoms with E-state index in [0.717, 1.165) is 0 Å². The number of anilines is 1. The molecule has 1 aromatic heterocycles. The van der Waals surface area contributed by atoms with Gasteiger partial charge in [0.15, 0.2) is 0 Å². The molecule has 0 bridgehead atoms. The Bertz CT molecular complexity index is 489. The molecule has 96 valence electrons. The summed E-state index contributed by atoms with van der Waals surface area (Å²) in [5.74, 6) is -0.686. The molecule has 0 aromatic carbocycles. The molecular weight excluding hydrogens is 281 g/mol. The van der Waals surface area contributed by atoms with Gasteiger partial charge in [0.05, 0.1) is 0 Å². The molecule has 1 fully saturated rings. The second kappa shape index (κ2) is 5.03. The van der Waals surface area contributed by atoms with Crippen molar-refractivity contribution in [2.75, 3.05) is 11.4 Å². The number of halogens is 2. The van der Waals surface area contributed by atoms with Crippen LogP contribution >= 0.6 is 23.2 Å². The van der Waals surface area contributed by atoms with Crippen LogP contribution in [0.15, 0.2) is 0 Å². The highest BCUT2D eigenvalue weighted by molar-refractivity contribution is 6.31. The minimum atomic E-state index is -0.530. The Balaban J connectivity index is 2.39. The molecule has 0 aliphatic carbocycles. The number of imide groups is 1. The summed E-state index contributed by atoms with van der Waals surface area (Å²) in [6.45, 7) is 1.79. The van der Waals surface area contributed by atoms with Gasteiger partial charge in [-0.15, -0.1) is 0 Å². The summed E-state index contributed by atoms with van der Waals surface area (Å²) in [7, 11) is 0. The third-order valence-corrected chi connectivity index (χ3v) is 2.81. The summed E-state index contributed by atoms with van der Waals surface area (Å²) in [5.41, 5.74) is 0. The fraction of sp³-hybridized carbons (Fsp3) is 0.444. The number of carbonyl (C=O) groups excluding carboxylic acids is 2. The average Bonchev–Trinajstić information content (AvgIpc) is 2.26. The first-order valence-electron chi connectivity index (χ1n) is 5.18. The maximum atomic E-state index is 11.7. The highest BCUT2D eigenvalue weighted by atomic mass is 35.5. The van der Waals surface area contributed by atoms with Crippen molar-refractivity contribution in [2.24, 2.45) is 0 Å². The van der Waals surface area contributed by atoms with Crippen LogP contribution in [0.2, 0.25) is 10.6 Å². The molecular formula is C9H9Cl2N5O2. The van der Waals surface area contributed by atoms with Crippen molar-refractivity contribution in [3.63, 3.8) is 0 Å². The molecule has 0 radical (unpaired) electrons. The quantitative estimate of drug-likeness (QED) is 0.794. The van der Waals surface area contributed by atoms with Gasteiger partial charge in [-0.1, -0.05) is 6.92 Å². The smallest absolute Gasteiger partial charge is 0.249 e. The minimum Gasteiger partial charge on any atom is -0.319 e. The van der Waals surface area contributed by atoms with E-state index in [-0.39, 0.29) is 29.0 Å². The fourth-order valence-electron chi connectivity index (χ4n) is 1.73. The van der Waals surface area contributed by atoms with E-state index in [9.17, 15) is 9.59 Å². The van der Waals surface area contributed by atoms with Crippen molar-refractivity contribution in [2.45, 2.75) is 19.4 Å². The van der Waals surface area contributed by atoms with Crippen LogP contribution in [0.1, 0.15) is 13.3 Å². The molecule has 1 aromatic rings. The molecule has 18 heavy (non-hydrogen) atoms. The van der Waals surface area contributed by atoms with Gasteiger partial charge >= 0.3 is 0 Å². The number of amides is 2. The summed E-state index contributed by atoms with van der Waals surface area (Å²) in [6.07, 6.45) is 0.500. The Morgan fingerprint density at radius 1 is 1.28 bits per heavy atom. The van der Waals surface area contributed by atoms with Crippen LogP contribution in [-0.4, -0.2) is 39.4 Å². The van der Waals surface area contributed by atoms with Gasteiger partial charge in [-0.3, -0.25) is 14.9 Å². The van der Waals surface area contributed by atoms with E-state index < -0.39 is 11.9 Å². The average molecular weight is 290 g/mol. The van der Waals surface area contributed by atoms with Gasteiger partial charge in [0.1, 0.15) is 12.6 Å². The predicted octanol–water partition coefficient (Wildman–Crippen LogP) is 0.420. The number of piperazine rings is 1. The molecule has 0 spiro atoms. The first-order chi connectivity index (χ1) is 8.51. The largest absolute Gasteiger partial charge is 0.319 e. The highest BCUT2D eigenvalue weighted by Crippen LogP contribution is 2.19. The van der Waals surface area contributed by atoms with Gasteiger partial charge in [0, 0.05) is 0 Å². The Morgan fingerprint density at radius 2 is 1.89 bits per heavy atom. The molecule has 1 atom stereocenters. The third kappa shape index (κ3) is 2.51. The Labute approximate surface area is 113 Å². The SMILES string of the molecule is CCC1C(=O)NC(=O)CN1c1nc(Cl)nc(Cl)n1. The predicted molar refractivity (Wildman–Crippen MR) is 64.4 cm³/mol. The molecule has 1 N–H and O–H groups in total. The molecule has 1 aliphatic rings. The zero-order valence-electron chi connectivity index (χ0n) is 9.35. The molecule has 1 unspecified atom stereocenters. The van der Waals surface area contributed by atoms with Gasteiger partial charge in [-0.05, 0) is 29.6 Å². The first-order valence-corrected chi connectivity index (χ1v) is 5.94. The molecule has 1 aliphatic heterocycles.